The minimum atomic E-state index is -1.11. The fraction of sp³-hybridized carbons (Fsp3) is 0.565. The average Bonchev–Trinajstić information content (AvgIpc) is 3.23. The van der Waals surface area contributed by atoms with Gasteiger partial charge in [-0.1, -0.05) is 51.1 Å². The summed E-state index contributed by atoms with van der Waals surface area (Å²) in [6.07, 6.45) is 0.565. The largest absolute Gasteiger partial charge is 0.463 e. The highest BCUT2D eigenvalue weighted by atomic mass is 16.6. The molecule has 0 radical (unpaired) electrons. The Bertz CT molecular complexity index is 773. The molecule has 1 aliphatic rings. The molecule has 0 N–H and O–H groups in total. The molecule has 2 rings (SSSR count). The summed E-state index contributed by atoms with van der Waals surface area (Å²) in [6, 6.07) is 8.30. The van der Waals surface area contributed by atoms with Crippen molar-refractivity contribution in [1.29, 1.82) is 0 Å². The van der Waals surface area contributed by atoms with Crippen molar-refractivity contribution in [2.24, 2.45) is 5.41 Å². The Morgan fingerprint density at radius 1 is 1.13 bits per heavy atom. The molecule has 2 atom stereocenters. The molecule has 7 heteroatoms. The first-order chi connectivity index (χ1) is 14.2. The van der Waals surface area contributed by atoms with Crippen molar-refractivity contribution in [1.82, 2.24) is 4.90 Å². The van der Waals surface area contributed by atoms with Gasteiger partial charge in [0.15, 0.2) is 0 Å². The van der Waals surface area contributed by atoms with E-state index >= 15 is 0 Å². The Hall–Kier alpha value is -2.70. The minimum absolute atomic E-state index is 0.163. The lowest BCUT2D eigenvalue weighted by molar-refractivity contribution is -0.171. The van der Waals surface area contributed by atoms with Crippen molar-refractivity contribution in [2.75, 3.05) is 13.2 Å². The van der Waals surface area contributed by atoms with Gasteiger partial charge in [0.05, 0.1) is 6.61 Å². The first-order valence-corrected chi connectivity index (χ1v) is 10.5. The van der Waals surface area contributed by atoms with Crippen LogP contribution >= 0.6 is 0 Å². The lowest BCUT2D eigenvalue weighted by atomic mass is 9.84. The van der Waals surface area contributed by atoms with Crippen molar-refractivity contribution >= 4 is 23.6 Å². The summed E-state index contributed by atoms with van der Waals surface area (Å²) in [5, 5.41) is 0. The zero-order valence-electron chi connectivity index (χ0n) is 18.2. The van der Waals surface area contributed by atoms with E-state index in [1.165, 1.54) is 4.90 Å². The molecule has 0 spiro atoms. The van der Waals surface area contributed by atoms with Crippen LogP contribution in [0.4, 0.5) is 0 Å². The Morgan fingerprint density at radius 3 is 2.40 bits per heavy atom. The van der Waals surface area contributed by atoms with Crippen LogP contribution in [-0.4, -0.2) is 53.8 Å². The number of ether oxygens (including phenoxy) is 2. The normalized spacial score (nSPS) is 17.3. The van der Waals surface area contributed by atoms with E-state index in [1.54, 1.807) is 20.8 Å². The van der Waals surface area contributed by atoms with Crippen molar-refractivity contribution < 1.29 is 28.7 Å². The molecule has 0 saturated carbocycles. The van der Waals surface area contributed by atoms with Crippen LogP contribution in [0.2, 0.25) is 0 Å². The number of benzene rings is 1. The quantitative estimate of drug-likeness (QED) is 0.453. The van der Waals surface area contributed by atoms with Crippen molar-refractivity contribution in [3.05, 3.63) is 35.9 Å². The fourth-order valence-electron chi connectivity index (χ4n) is 3.29. The van der Waals surface area contributed by atoms with Crippen molar-refractivity contribution in [3.8, 4) is 0 Å². The van der Waals surface area contributed by atoms with Crippen LogP contribution < -0.4 is 0 Å². The minimum Gasteiger partial charge on any atom is -0.463 e. The molecule has 1 amide bonds. The Labute approximate surface area is 177 Å². The second-order valence-electron chi connectivity index (χ2n) is 8.09. The number of Topliss-reactive ketones (excluding diaryl/α,β-unsaturated/α-hetero) is 1. The van der Waals surface area contributed by atoms with Gasteiger partial charge in [-0.05, 0) is 31.7 Å². The molecular weight excluding hydrogens is 386 g/mol. The van der Waals surface area contributed by atoms with Gasteiger partial charge in [0.1, 0.15) is 6.04 Å². The number of esters is 2. The van der Waals surface area contributed by atoms with E-state index in [1.807, 2.05) is 37.3 Å². The molecule has 1 heterocycles. The summed E-state index contributed by atoms with van der Waals surface area (Å²) in [5.74, 6) is -2.50. The van der Waals surface area contributed by atoms with E-state index in [2.05, 4.69) is 0 Å². The first kappa shape index (κ1) is 23.6. The predicted molar refractivity (Wildman–Crippen MR) is 110 cm³/mol. The summed E-state index contributed by atoms with van der Waals surface area (Å²) in [6.45, 7) is 7.43. The van der Waals surface area contributed by atoms with Gasteiger partial charge in [0, 0.05) is 18.4 Å². The summed E-state index contributed by atoms with van der Waals surface area (Å²) in [4.78, 5) is 51.9. The van der Waals surface area contributed by atoms with Crippen molar-refractivity contribution in [2.45, 2.75) is 65.5 Å². The van der Waals surface area contributed by atoms with Gasteiger partial charge < -0.3 is 14.4 Å². The highest BCUT2D eigenvalue weighted by molar-refractivity contribution is 6.38. The third-order valence-corrected chi connectivity index (χ3v) is 5.55. The molecule has 1 aliphatic heterocycles. The zero-order valence-corrected chi connectivity index (χ0v) is 18.2. The standard InChI is InChI=1S/C23H31NO6/c1-5-23(3,4)19(25)20(26)24-14-10-13-17(24)21(27)30-18(22(28)29-6-2)15-16-11-8-7-9-12-16/h7-9,11-12,17-18H,5-6,10,13-15H2,1-4H3/t17-,18-/m0/s1. The lowest BCUT2D eigenvalue weighted by Crippen LogP contribution is -2.49. The maximum Gasteiger partial charge on any atom is 0.347 e. The monoisotopic (exact) mass is 417 g/mol. The number of carbonyl (C=O) groups is 4. The number of hydrogen-bond donors (Lipinski definition) is 0. The van der Waals surface area contributed by atoms with Crippen LogP contribution in [0.15, 0.2) is 30.3 Å². The first-order valence-electron chi connectivity index (χ1n) is 10.5. The van der Waals surface area contributed by atoms with E-state index in [0.717, 1.165) is 5.56 Å². The van der Waals surface area contributed by atoms with Gasteiger partial charge in [-0.15, -0.1) is 0 Å². The van der Waals surface area contributed by atoms with Crippen LogP contribution in [0.5, 0.6) is 0 Å². The maximum absolute atomic E-state index is 12.9. The number of hydrogen-bond acceptors (Lipinski definition) is 6. The van der Waals surface area contributed by atoms with Gasteiger partial charge >= 0.3 is 11.9 Å². The van der Waals surface area contributed by atoms with Crippen LogP contribution in [0, 0.1) is 5.41 Å². The van der Waals surface area contributed by atoms with Crippen LogP contribution in [0.1, 0.15) is 52.5 Å². The molecule has 1 aromatic rings. The molecule has 1 saturated heterocycles. The molecule has 1 aromatic carbocycles. The highest BCUT2D eigenvalue weighted by Gasteiger charge is 2.42. The highest BCUT2D eigenvalue weighted by Crippen LogP contribution is 2.26. The molecule has 7 nitrogen and oxygen atoms in total. The topological polar surface area (TPSA) is 90.0 Å². The number of likely N-dealkylation sites (tertiary alicyclic amines) is 1. The van der Waals surface area contributed by atoms with Gasteiger partial charge in [-0.25, -0.2) is 9.59 Å². The molecule has 1 fully saturated rings. The Morgan fingerprint density at radius 2 is 1.80 bits per heavy atom. The van der Waals surface area contributed by atoms with E-state index in [0.29, 0.717) is 25.8 Å². The second kappa shape index (κ2) is 10.4. The Balaban J connectivity index is 2.14. The van der Waals surface area contributed by atoms with E-state index in [4.69, 9.17) is 9.47 Å². The number of amides is 1. The van der Waals surface area contributed by atoms with Crippen LogP contribution in [0.25, 0.3) is 0 Å². The predicted octanol–water partition coefficient (Wildman–Crippen LogP) is 2.70. The third kappa shape index (κ3) is 5.68. The van der Waals surface area contributed by atoms with E-state index in [-0.39, 0.29) is 13.0 Å². The molecule has 0 unspecified atom stereocenters. The van der Waals surface area contributed by atoms with Gasteiger partial charge in [0.2, 0.25) is 11.9 Å². The summed E-state index contributed by atoms with van der Waals surface area (Å²) >= 11 is 0. The molecule has 0 aliphatic carbocycles. The molecule has 0 bridgehead atoms. The number of ketones is 1. The molecule has 164 valence electrons. The van der Waals surface area contributed by atoms with Crippen LogP contribution in [0.3, 0.4) is 0 Å². The third-order valence-electron chi connectivity index (χ3n) is 5.55. The number of nitrogens with zero attached hydrogens (tertiary/aromatic N) is 1. The van der Waals surface area contributed by atoms with Crippen molar-refractivity contribution in [3.63, 3.8) is 0 Å². The number of rotatable bonds is 9. The lowest BCUT2D eigenvalue weighted by Gasteiger charge is -2.28. The molecular formula is C23H31NO6. The van der Waals surface area contributed by atoms with Gasteiger partial charge in [-0.3, -0.25) is 9.59 Å². The maximum atomic E-state index is 12.9. The van der Waals surface area contributed by atoms with Gasteiger partial charge in [-0.2, -0.15) is 0 Å². The zero-order chi connectivity index (χ0) is 22.3. The fourth-order valence-corrected chi connectivity index (χ4v) is 3.29. The van der Waals surface area contributed by atoms with E-state index in [9.17, 15) is 19.2 Å². The smallest absolute Gasteiger partial charge is 0.347 e. The molecule has 0 aromatic heterocycles. The van der Waals surface area contributed by atoms with E-state index < -0.39 is 41.2 Å². The summed E-state index contributed by atoms with van der Waals surface area (Å²) in [5.41, 5.74) is 0.0251. The van der Waals surface area contributed by atoms with Crippen LogP contribution in [-0.2, 0) is 35.1 Å². The summed E-state index contributed by atoms with van der Waals surface area (Å²) in [7, 11) is 0. The second-order valence-corrected chi connectivity index (χ2v) is 8.09. The average molecular weight is 418 g/mol. The summed E-state index contributed by atoms with van der Waals surface area (Å²) < 4.78 is 10.6. The molecule has 30 heavy (non-hydrogen) atoms. The Kier molecular flexibility index (Phi) is 8.15. The SMILES string of the molecule is CCOC(=O)[C@H](Cc1ccccc1)OC(=O)[C@@H]1CCCN1C(=O)C(=O)C(C)(C)CC. The number of carbonyl (C=O) groups excluding carboxylic acids is 4. The van der Waals surface area contributed by atoms with Gasteiger partial charge in [0.25, 0.3) is 5.91 Å².